The van der Waals surface area contributed by atoms with Gasteiger partial charge in [-0.15, -0.1) is 0 Å². The van der Waals surface area contributed by atoms with E-state index in [0.717, 1.165) is 50.9 Å². The Morgan fingerprint density at radius 1 is 0.373 bits per heavy atom. The van der Waals surface area contributed by atoms with Crippen molar-refractivity contribution >= 4 is 54.3 Å². The maximum absolute atomic E-state index is 6.42. The third-order valence-electron chi connectivity index (χ3n) is 9.96. The summed E-state index contributed by atoms with van der Waals surface area (Å²) in [5, 5.41) is 9.97. The number of fused-ring (bicyclic) bond motifs is 9. The Morgan fingerprint density at radius 2 is 0.902 bits per heavy atom. The van der Waals surface area contributed by atoms with Gasteiger partial charge in [0.25, 0.3) is 0 Å². The molecule has 0 unspecified atom stereocenters. The highest BCUT2D eigenvalue weighted by Crippen LogP contribution is 2.37. The van der Waals surface area contributed by atoms with Crippen LogP contribution >= 0.6 is 0 Å². The molecule has 51 heavy (non-hydrogen) atoms. The van der Waals surface area contributed by atoms with E-state index >= 15 is 0 Å². The summed E-state index contributed by atoms with van der Waals surface area (Å²) in [5.41, 5.74) is 7.31. The molecule has 10 rings (SSSR count). The lowest BCUT2D eigenvalue weighted by molar-refractivity contribution is 0.668. The number of benzene rings is 8. The van der Waals surface area contributed by atoms with Gasteiger partial charge in [0, 0.05) is 28.3 Å². The minimum absolute atomic E-state index is 0.546. The van der Waals surface area contributed by atoms with Crippen molar-refractivity contribution in [3.8, 4) is 22.8 Å². The zero-order chi connectivity index (χ0) is 33.7. The van der Waals surface area contributed by atoms with Crippen molar-refractivity contribution in [2.75, 3.05) is 0 Å². The molecule has 0 saturated heterocycles. The molecule has 10 aromatic rings. The van der Waals surface area contributed by atoms with Gasteiger partial charge in [-0.05, 0) is 73.6 Å². The molecule has 2 heterocycles. The molecule has 0 aliphatic carbocycles. The summed E-state index contributed by atoms with van der Waals surface area (Å²) in [7, 11) is 0. The third-order valence-corrected chi connectivity index (χ3v) is 9.96. The molecule has 0 amide bonds. The van der Waals surface area contributed by atoms with Gasteiger partial charge >= 0.3 is 0 Å². The Labute approximate surface area is 294 Å². The van der Waals surface area contributed by atoms with Crippen LogP contribution in [0.3, 0.4) is 0 Å². The van der Waals surface area contributed by atoms with Gasteiger partial charge in [-0.1, -0.05) is 146 Å². The average Bonchev–Trinajstić information content (AvgIpc) is 3.57. The Balaban J connectivity index is 1.06. The molecule has 0 aliphatic heterocycles. The molecule has 0 saturated carbocycles. The maximum atomic E-state index is 6.42. The van der Waals surface area contributed by atoms with E-state index in [1.54, 1.807) is 0 Å². The number of rotatable bonds is 6. The standard InChI is InChI=1S/C47H31N3O/c1-3-12-32(13-4-1)46-48-44(49-47(50-46)33-14-5-2-6-15-33)29-34-16-11-21-43-45(34)41-28-31(23-25-42(41)51-43)26-30-22-24-39-37-19-8-7-17-35(37)36-18-9-10-20-38(36)40(39)27-30/h1-25,27-28H,26,29H2. The first-order valence-corrected chi connectivity index (χ1v) is 17.4. The normalized spacial score (nSPS) is 11.7. The van der Waals surface area contributed by atoms with Crippen molar-refractivity contribution in [2.24, 2.45) is 0 Å². The van der Waals surface area contributed by atoms with E-state index < -0.39 is 0 Å². The first-order chi connectivity index (χ1) is 25.2. The highest BCUT2D eigenvalue weighted by molar-refractivity contribution is 6.25. The molecule has 0 N–H and O–H groups in total. The van der Waals surface area contributed by atoms with E-state index in [1.807, 2.05) is 60.7 Å². The molecular formula is C47H31N3O. The summed E-state index contributed by atoms with van der Waals surface area (Å²) < 4.78 is 6.42. The molecular weight excluding hydrogens is 623 g/mol. The number of hydrogen-bond acceptors (Lipinski definition) is 4. The topological polar surface area (TPSA) is 51.8 Å². The quantitative estimate of drug-likeness (QED) is 0.168. The van der Waals surface area contributed by atoms with Crippen LogP contribution < -0.4 is 0 Å². The summed E-state index contributed by atoms with van der Waals surface area (Å²) in [6, 6.07) is 57.5. The van der Waals surface area contributed by atoms with E-state index in [4.69, 9.17) is 19.4 Å². The first-order valence-electron chi connectivity index (χ1n) is 17.4. The predicted octanol–water partition coefficient (Wildman–Crippen LogP) is 11.7. The Morgan fingerprint density at radius 3 is 1.53 bits per heavy atom. The van der Waals surface area contributed by atoms with Crippen LogP contribution in [0.4, 0.5) is 0 Å². The fourth-order valence-electron chi connectivity index (χ4n) is 7.61. The zero-order valence-electron chi connectivity index (χ0n) is 27.8. The van der Waals surface area contributed by atoms with E-state index in [2.05, 4.69) is 103 Å². The molecule has 4 nitrogen and oxygen atoms in total. The highest BCUT2D eigenvalue weighted by Gasteiger charge is 2.16. The van der Waals surface area contributed by atoms with Crippen molar-refractivity contribution in [1.29, 1.82) is 0 Å². The fraction of sp³-hybridized carbons (Fsp3) is 0.0426. The molecule has 0 bridgehead atoms. The number of nitrogens with zero attached hydrogens (tertiary/aromatic N) is 3. The molecule has 8 aromatic carbocycles. The van der Waals surface area contributed by atoms with Crippen LogP contribution in [0.25, 0.3) is 77.0 Å². The Kier molecular flexibility index (Phi) is 6.91. The van der Waals surface area contributed by atoms with E-state index in [-0.39, 0.29) is 0 Å². The van der Waals surface area contributed by atoms with Crippen LogP contribution in [0.15, 0.2) is 168 Å². The van der Waals surface area contributed by atoms with E-state index in [9.17, 15) is 0 Å². The van der Waals surface area contributed by atoms with Gasteiger partial charge in [0.2, 0.25) is 0 Å². The monoisotopic (exact) mass is 653 g/mol. The summed E-state index contributed by atoms with van der Waals surface area (Å²) >= 11 is 0. The molecule has 0 fully saturated rings. The van der Waals surface area contributed by atoms with Gasteiger partial charge in [0.15, 0.2) is 11.6 Å². The van der Waals surface area contributed by atoms with Gasteiger partial charge in [-0.2, -0.15) is 0 Å². The molecule has 240 valence electrons. The van der Waals surface area contributed by atoms with E-state index in [0.29, 0.717) is 18.1 Å². The Bertz CT molecular complexity index is 2820. The predicted molar refractivity (Wildman–Crippen MR) is 209 cm³/mol. The SMILES string of the molecule is c1ccc(-c2nc(Cc3cccc4oc5ccc(Cc6ccc7c8ccccc8c8ccccc8c7c6)cc5c34)nc(-c3ccccc3)n2)cc1. The zero-order valence-corrected chi connectivity index (χ0v) is 27.8. The molecule has 0 aliphatic rings. The largest absolute Gasteiger partial charge is 0.456 e. The van der Waals surface area contributed by atoms with Crippen molar-refractivity contribution in [3.05, 3.63) is 186 Å². The summed E-state index contributed by atoms with van der Waals surface area (Å²) in [6.45, 7) is 0. The summed E-state index contributed by atoms with van der Waals surface area (Å²) in [5.74, 6) is 2.06. The maximum Gasteiger partial charge on any atom is 0.163 e. The van der Waals surface area contributed by atoms with Crippen LogP contribution in [0, 0.1) is 0 Å². The molecule has 2 aromatic heterocycles. The van der Waals surface area contributed by atoms with E-state index in [1.165, 1.54) is 43.4 Å². The highest BCUT2D eigenvalue weighted by atomic mass is 16.3. The van der Waals surface area contributed by atoms with Crippen LogP contribution in [0.5, 0.6) is 0 Å². The molecule has 0 spiro atoms. The number of hydrogen-bond donors (Lipinski definition) is 0. The fourth-order valence-corrected chi connectivity index (χ4v) is 7.61. The van der Waals surface area contributed by atoms with Crippen LogP contribution in [0.2, 0.25) is 0 Å². The lowest BCUT2D eigenvalue weighted by atomic mass is 9.92. The second kappa shape index (κ2) is 12.0. The van der Waals surface area contributed by atoms with Gasteiger partial charge in [-0.25, -0.2) is 15.0 Å². The summed E-state index contributed by atoms with van der Waals surface area (Å²) in [6.07, 6.45) is 1.36. The third kappa shape index (κ3) is 5.20. The average molecular weight is 654 g/mol. The van der Waals surface area contributed by atoms with Gasteiger partial charge in [0.1, 0.15) is 17.0 Å². The minimum atomic E-state index is 0.546. The molecule has 0 atom stereocenters. The van der Waals surface area contributed by atoms with Crippen molar-refractivity contribution in [2.45, 2.75) is 12.8 Å². The van der Waals surface area contributed by atoms with Gasteiger partial charge in [-0.3, -0.25) is 0 Å². The van der Waals surface area contributed by atoms with Gasteiger partial charge in [0.05, 0.1) is 0 Å². The van der Waals surface area contributed by atoms with Crippen molar-refractivity contribution < 1.29 is 4.42 Å². The number of aromatic nitrogens is 3. The lowest BCUT2D eigenvalue weighted by Crippen LogP contribution is -2.04. The molecule has 4 heteroatoms. The van der Waals surface area contributed by atoms with Crippen LogP contribution in [-0.4, -0.2) is 15.0 Å². The van der Waals surface area contributed by atoms with Gasteiger partial charge < -0.3 is 4.42 Å². The second-order valence-corrected chi connectivity index (χ2v) is 13.2. The van der Waals surface area contributed by atoms with Crippen LogP contribution in [0.1, 0.15) is 22.5 Å². The summed E-state index contributed by atoms with van der Waals surface area (Å²) in [4.78, 5) is 14.8. The van der Waals surface area contributed by atoms with Crippen molar-refractivity contribution in [1.82, 2.24) is 15.0 Å². The Hall–Kier alpha value is -6.65. The second-order valence-electron chi connectivity index (χ2n) is 13.2. The van der Waals surface area contributed by atoms with Crippen molar-refractivity contribution in [3.63, 3.8) is 0 Å². The van der Waals surface area contributed by atoms with Crippen LogP contribution in [-0.2, 0) is 12.8 Å². The smallest absolute Gasteiger partial charge is 0.163 e. The molecule has 0 radical (unpaired) electrons. The lowest BCUT2D eigenvalue weighted by Gasteiger charge is -2.12. The minimum Gasteiger partial charge on any atom is -0.456 e. The number of furan rings is 1. The first kappa shape index (κ1) is 29.3.